The van der Waals surface area contributed by atoms with Gasteiger partial charge in [-0.2, -0.15) is 0 Å². The molecule has 0 heteroatoms. The van der Waals surface area contributed by atoms with E-state index in [1.807, 2.05) is 0 Å². The van der Waals surface area contributed by atoms with Gasteiger partial charge in [-0.25, -0.2) is 0 Å². The Morgan fingerprint density at radius 2 is 0.861 bits per heavy atom. The number of rotatable bonds is 13. The summed E-state index contributed by atoms with van der Waals surface area (Å²) in [4.78, 5) is 0. The van der Waals surface area contributed by atoms with Crippen LogP contribution in [0.2, 0.25) is 0 Å². The SMILES string of the molecule is CCCCCc1ccc(-c2ccc(CCc3ccc(CCC4CCC(CCC)CC4)cc3)cc2)cc1. The maximum atomic E-state index is 2.38. The molecular formula is C36H48. The number of benzene rings is 3. The maximum Gasteiger partial charge on any atom is -0.0184 e. The first-order valence-corrected chi connectivity index (χ1v) is 15.0. The van der Waals surface area contributed by atoms with Gasteiger partial charge in [-0.1, -0.05) is 138 Å². The minimum atomic E-state index is 0.962. The minimum absolute atomic E-state index is 0.962. The topological polar surface area (TPSA) is 0 Å². The Bertz CT molecular complexity index is 985. The Labute approximate surface area is 221 Å². The fourth-order valence-corrected chi connectivity index (χ4v) is 6.06. The van der Waals surface area contributed by atoms with Crippen LogP contribution >= 0.6 is 0 Å². The average Bonchev–Trinajstić information content (AvgIpc) is 2.93. The zero-order chi connectivity index (χ0) is 25.0. The van der Waals surface area contributed by atoms with Gasteiger partial charge >= 0.3 is 0 Å². The fourth-order valence-electron chi connectivity index (χ4n) is 6.06. The molecule has 3 aromatic rings. The molecule has 192 valence electrons. The van der Waals surface area contributed by atoms with Crippen LogP contribution in [0.5, 0.6) is 0 Å². The molecule has 0 bridgehead atoms. The van der Waals surface area contributed by atoms with Crippen molar-refractivity contribution in [2.75, 3.05) is 0 Å². The van der Waals surface area contributed by atoms with Crippen molar-refractivity contribution in [1.82, 2.24) is 0 Å². The maximum absolute atomic E-state index is 2.38. The number of hydrogen-bond donors (Lipinski definition) is 0. The number of unbranched alkanes of at least 4 members (excludes halogenated alkanes) is 2. The van der Waals surface area contributed by atoms with E-state index in [0.29, 0.717) is 0 Å². The second-order valence-corrected chi connectivity index (χ2v) is 11.4. The number of hydrogen-bond acceptors (Lipinski definition) is 0. The zero-order valence-corrected chi connectivity index (χ0v) is 23.0. The van der Waals surface area contributed by atoms with Crippen LogP contribution in [0.25, 0.3) is 11.1 Å². The first-order valence-electron chi connectivity index (χ1n) is 15.0. The highest BCUT2D eigenvalue weighted by atomic mass is 14.3. The molecule has 0 N–H and O–H groups in total. The third-order valence-electron chi connectivity index (χ3n) is 8.54. The van der Waals surface area contributed by atoms with Crippen LogP contribution < -0.4 is 0 Å². The van der Waals surface area contributed by atoms with E-state index in [9.17, 15) is 0 Å². The predicted molar refractivity (Wildman–Crippen MR) is 158 cm³/mol. The molecule has 0 atom stereocenters. The van der Waals surface area contributed by atoms with Gasteiger partial charge in [-0.3, -0.25) is 0 Å². The molecule has 1 aliphatic rings. The van der Waals surface area contributed by atoms with E-state index in [2.05, 4.69) is 86.6 Å². The van der Waals surface area contributed by atoms with Crippen LogP contribution in [0, 0.1) is 11.8 Å². The average molecular weight is 481 g/mol. The summed E-state index contributed by atoms with van der Waals surface area (Å²) in [5, 5.41) is 0. The molecule has 36 heavy (non-hydrogen) atoms. The Kier molecular flexibility index (Phi) is 10.7. The molecule has 0 aliphatic heterocycles. The van der Waals surface area contributed by atoms with E-state index in [0.717, 1.165) is 24.7 Å². The van der Waals surface area contributed by atoms with Crippen LogP contribution in [-0.2, 0) is 25.7 Å². The zero-order valence-electron chi connectivity index (χ0n) is 23.0. The van der Waals surface area contributed by atoms with Crippen LogP contribution in [0.3, 0.4) is 0 Å². The fraction of sp³-hybridized carbons (Fsp3) is 0.500. The molecule has 0 radical (unpaired) electrons. The lowest BCUT2D eigenvalue weighted by Gasteiger charge is -2.28. The molecule has 0 nitrogen and oxygen atoms in total. The van der Waals surface area contributed by atoms with Gasteiger partial charge in [0.15, 0.2) is 0 Å². The quantitative estimate of drug-likeness (QED) is 0.213. The highest BCUT2D eigenvalue weighted by Crippen LogP contribution is 2.33. The smallest absolute Gasteiger partial charge is 0.0184 e. The molecule has 1 fully saturated rings. The van der Waals surface area contributed by atoms with E-state index in [4.69, 9.17) is 0 Å². The van der Waals surface area contributed by atoms with Gasteiger partial charge in [0, 0.05) is 0 Å². The lowest BCUT2D eigenvalue weighted by Crippen LogP contribution is -2.15. The highest BCUT2D eigenvalue weighted by molar-refractivity contribution is 5.64. The van der Waals surface area contributed by atoms with Crippen molar-refractivity contribution in [3.05, 3.63) is 95.1 Å². The predicted octanol–water partition coefficient (Wildman–Crippen LogP) is 10.4. The van der Waals surface area contributed by atoms with Crippen molar-refractivity contribution in [3.63, 3.8) is 0 Å². The Morgan fingerprint density at radius 3 is 1.33 bits per heavy atom. The van der Waals surface area contributed by atoms with E-state index in [1.165, 1.54) is 110 Å². The number of aryl methyl sites for hydroxylation is 4. The molecule has 0 heterocycles. The first-order chi connectivity index (χ1) is 17.7. The van der Waals surface area contributed by atoms with Crippen LogP contribution in [0.1, 0.15) is 100 Å². The standard InChI is InChI=1S/C36H48/c1-3-5-6-8-30-21-25-35(26-22-30)36-27-23-34(24-28-36)20-19-33-17-15-32(16-18-33)14-13-31-11-9-29(7-4-2)10-12-31/h15-18,21-29,31H,3-14,19-20H2,1-2H3. The second kappa shape index (κ2) is 14.4. The van der Waals surface area contributed by atoms with Crippen LogP contribution in [-0.4, -0.2) is 0 Å². The summed E-state index contributed by atoms with van der Waals surface area (Å²) < 4.78 is 0. The lowest BCUT2D eigenvalue weighted by atomic mass is 9.78. The molecule has 0 amide bonds. The molecule has 1 aliphatic carbocycles. The summed E-state index contributed by atoms with van der Waals surface area (Å²) in [6.07, 6.45) is 18.7. The summed E-state index contributed by atoms with van der Waals surface area (Å²) >= 11 is 0. The van der Waals surface area contributed by atoms with Crippen molar-refractivity contribution in [3.8, 4) is 11.1 Å². The summed E-state index contributed by atoms with van der Waals surface area (Å²) in [6.45, 7) is 4.60. The van der Waals surface area contributed by atoms with E-state index < -0.39 is 0 Å². The Hall–Kier alpha value is -2.34. The summed E-state index contributed by atoms with van der Waals surface area (Å²) in [5.74, 6) is 1.98. The molecule has 1 saturated carbocycles. The van der Waals surface area contributed by atoms with Gasteiger partial charge in [0.25, 0.3) is 0 Å². The van der Waals surface area contributed by atoms with Gasteiger partial charge < -0.3 is 0 Å². The third-order valence-corrected chi connectivity index (χ3v) is 8.54. The summed E-state index contributed by atoms with van der Waals surface area (Å²) in [5.41, 5.74) is 8.52. The Morgan fingerprint density at radius 1 is 0.444 bits per heavy atom. The highest BCUT2D eigenvalue weighted by Gasteiger charge is 2.20. The summed E-state index contributed by atoms with van der Waals surface area (Å²) in [6, 6.07) is 27.9. The van der Waals surface area contributed by atoms with E-state index >= 15 is 0 Å². The normalized spacial score (nSPS) is 17.8. The van der Waals surface area contributed by atoms with Crippen molar-refractivity contribution >= 4 is 0 Å². The van der Waals surface area contributed by atoms with Crippen molar-refractivity contribution in [2.24, 2.45) is 11.8 Å². The Balaban J connectivity index is 1.19. The van der Waals surface area contributed by atoms with Gasteiger partial charge in [-0.05, 0) is 83.7 Å². The molecule has 0 spiro atoms. The summed E-state index contributed by atoms with van der Waals surface area (Å²) in [7, 11) is 0. The lowest BCUT2D eigenvalue weighted by molar-refractivity contribution is 0.252. The van der Waals surface area contributed by atoms with E-state index in [1.54, 1.807) is 0 Å². The van der Waals surface area contributed by atoms with Gasteiger partial charge in [0.2, 0.25) is 0 Å². The van der Waals surface area contributed by atoms with Gasteiger partial charge in [0.1, 0.15) is 0 Å². The second-order valence-electron chi connectivity index (χ2n) is 11.4. The monoisotopic (exact) mass is 480 g/mol. The largest absolute Gasteiger partial charge is 0.0654 e. The molecule has 0 aromatic heterocycles. The van der Waals surface area contributed by atoms with Crippen molar-refractivity contribution in [2.45, 2.75) is 104 Å². The molecule has 0 unspecified atom stereocenters. The molecule has 3 aromatic carbocycles. The third kappa shape index (κ3) is 8.36. The first kappa shape index (κ1) is 26.7. The van der Waals surface area contributed by atoms with Gasteiger partial charge in [0.05, 0.1) is 0 Å². The molecular weight excluding hydrogens is 432 g/mol. The van der Waals surface area contributed by atoms with Crippen molar-refractivity contribution in [1.29, 1.82) is 0 Å². The van der Waals surface area contributed by atoms with Gasteiger partial charge in [-0.15, -0.1) is 0 Å². The van der Waals surface area contributed by atoms with Crippen LogP contribution in [0.15, 0.2) is 72.8 Å². The molecule has 0 saturated heterocycles. The van der Waals surface area contributed by atoms with Crippen molar-refractivity contribution < 1.29 is 0 Å². The van der Waals surface area contributed by atoms with Crippen LogP contribution in [0.4, 0.5) is 0 Å². The van der Waals surface area contributed by atoms with E-state index in [-0.39, 0.29) is 0 Å². The molecule has 4 rings (SSSR count). The minimum Gasteiger partial charge on any atom is -0.0654 e.